The van der Waals surface area contributed by atoms with Crippen LogP contribution in [0.4, 0.5) is 5.69 Å². The van der Waals surface area contributed by atoms with Crippen molar-refractivity contribution < 1.29 is 28.6 Å². The van der Waals surface area contributed by atoms with Gasteiger partial charge in [-0.25, -0.2) is 4.79 Å². The standard InChI is InChI=1S/C23H25NO6S/c1-14(21(26)24-15-9-10-17-18(11-15)30-13-29-17)31-19-8-6-5-7-16(19)22(27)28-12-20(25)23(2,3)4/h5-11,14H,12-13H2,1-4H3,(H,24,26)/t14-/m1/s1. The van der Waals surface area contributed by atoms with Gasteiger partial charge in [0.1, 0.15) is 0 Å². The van der Waals surface area contributed by atoms with Crippen LogP contribution in [0.1, 0.15) is 38.1 Å². The van der Waals surface area contributed by atoms with Crippen LogP contribution in [-0.2, 0) is 14.3 Å². The summed E-state index contributed by atoms with van der Waals surface area (Å²) in [6.45, 7) is 6.93. The molecule has 0 fully saturated rings. The molecule has 0 spiro atoms. The topological polar surface area (TPSA) is 90.9 Å². The van der Waals surface area contributed by atoms with E-state index >= 15 is 0 Å². The molecule has 2 aromatic carbocycles. The number of ether oxygens (including phenoxy) is 3. The van der Waals surface area contributed by atoms with Crippen molar-refractivity contribution in [1.82, 2.24) is 0 Å². The Labute approximate surface area is 185 Å². The maximum Gasteiger partial charge on any atom is 0.339 e. The Morgan fingerprint density at radius 3 is 2.55 bits per heavy atom. The zero-order chi connectivity index (χ0) is 22.6. The summed E-state index contributed by atoms with van der Waals surface area (Å²) in [6.07, 6.45) is 0. The van der Waals surface area contributed by atoms with Crippen molar-refractivity contribution in [3.05, 3.63) is 48.0 Å². The summed E-state index contributed by atoms with van der Waals surface area (Å²) in [4.78, 5) is 37.8. The van der Waals surface area contributed by atoms with E-state index in [1.165, 1.54) is 11.8 Å². The van der Waals surface area contributed by atoms with Crippen molar-refractivity contribution >= 4 is 35.1 Å². The molecule has 0 unspecified atom stereocenters. The molecule has 0 radical (unpaired) electrons. The smallest absolute Gasteiger partial charge is 0.339 e. The second kappa shape index (κ2) is 9.43. The molecule has 0 saturated carbocycles. The van der Waals surface area contributed by atoms with Crippen LogP contribution in [0, 0.1) is 5.41 Å². The lowest BCUT2D eigenvalue weighted by Gasteiger charge is -2.17. The highest BCUT2D eigenvalue weighted by Gasteiger charge is 2.24. The molecule has 1 heterocycles. The molecule has 8 heteroatoms. The number of esters is 1. The largest absolute Gasteiger partial charge is 0.454 e. The van der Waals surface area contributed by atoms with Crippen molar-refractivity contribution in [3.8, 4) is 11.5 Å². The van der Waals surface area contributed by atoms with E-state index in [0.29, 0.717) is 27.6 Å². The van der Waals surface area contributed by atoms with Crippen LogP contribution < -0.4 is 14.8 Å². The molecule has 7 nitrogen and oxygen atoms in total. The maximum absolute atomic E-state index is 12.7. The van der Waals surface area contributed by atoms with Crippen LogP contribution in [0.5, 0.6) is 11.5 Å². The first kappa shape index (κ1) is 22.7. The zero-order valence-electron chi connectivity index (χ0n) is 17.9. The van der Waals surface area contributed by atoms with Gasteiger partial charge in [0, 0.05) is 22.1 Å². The molecule has 1 amide bonds. The monoisotopic (exact) mass is 443 g/mol. The van der Waals surface area contributed by atoms with Gasteiger partial charge < -0.3 is 19.5 Å². The van der Waals surface area contributed by atoms with Gasteiger partial charge in [0.05, 0.1) is 10.8 Å². The second-order valence-electron chi connectivity index (χ2n) is 8.06. The van der Waals surface area contributed by atoms with Gasteiger partial charge in [0.25, 0.3) is 0 Å². The number of ketones is 1. The van der Waals surface area contributed by atoms with E-state index < -0.39 is 16.6 Å². The normalized spacial score (nSPS) is 13.4. The average Bonchev–Trinajstić information content (AvgIpc) is 3.19. The molecule has 164 valence electrons. The molecule has 0 bridgehead atoms. The quantitative estimate of drug-likeness (QED) is 0.504. The molecule has 0 aromatic heterocycles. The summed E-state index contributed by atoms with van der Waals surface area (Å²) >= 11 is 1.24. The van der Waals surface area contributed by atoms with Gasteiger partial charge in [0.15, 0.2) is 23.9 Å². The van der Waals surface area contributed by atoms with Crippen molar-refractivity contribution in [2.24, 2.45) is 5.41 Å². The van der Waals surface area contributed by atoms with Gasteiger partial charge in [0.2, 0.25) is 12.7 Å². The summed E-state index contributed by atoms with van der Waals surface area (Å²) in [5.74, 6) is 0.232. The summed E-state index contributed by atoms with van der Waals surface area (Å²) < 4.78 is 15.8. The van der Waals surface area contributed by atoms with Crippen LogP contribution in [0.15, 0.2) is 47.4 Å². The number of carbonyl (C=O) groups is 3. The van der Waals surface area contributed by atoms with Crippen LogP contribution in [-0.4, -0.2) is 36.3 Å². The SMILES string of the molecule is C[C@@H](Sc1ccccc1C(=O)OCC(=O)C(C)(C)C)C(=O)Nc1ccc2c(c1)OCO2. The van der Waals surface area contributed by atoms with Gasteiger partial charge in [-0.2, -0.15) is 0 Å². The molecular formula is C23H25NO6S. The number of anilines is 1. The molecule has 31 heavy (non-hydrogen) atoms. The highest BCUT2D eigenvalue weighted by atomic mass is 32.2. The lowest BCUT2D eigenvalue weighted by Crippen LogP contribution is -2.26. The average molecular weight is 444 g/mol. The fourth-order valence-electron chi connectivity index (χ4n) is 2.63. The maximum atomic E-state index is 12.7. The van der Waals surface area contributed by atoms with Crippen molar-refractivity contribution in [2.45, 2.75) is 37.8 Å². The second-order valence-corrected chi connectivity index (χ2v) is 9.45. The van der Waals surface area contributed by atoms with Gasteiger partial charge >= 0.3 is 5.97 Å². The van der Waals surface area contributed by atoms with E-state index in [4.69, 9.17) is 14.2 Å². The first-order valence-electron chi connectivity index (χ1n) is 9.82. The fraction of sp³-hybridized carbons (Fsp3) is 0.348. The number of fused-ring (bicyclic) bond motifs is 1. The highest BCUT2D eigenvalue weighted by molar-refractivity contribution is 8.00. The lowest BCUT2D eigenvalue weighted by atomic mass is 9.91. The molecule has 0 saturated heterocycles. The van der Waals surface area contributed by atoms with E-state index in [1.54, 1.807) is 70.2 Å². The molecule has 3 rings (SSSR count). The summed E-state index contributed by atoms with van der Waals surface area (Å²) in [5.41, 5.74) is 0.322. The third-order valence-electron chi connectivity index (χ3n) is 4.59. The first-order chi connectivity index (χ1) is 14.6. The number of rotatable bonds is 7. The molecule has 1 N–H and O–H groups in total. The minimum Gasteiger partial charge on any atom is -0.454 e. The number of benzene rings is 2. The molecule has 1 aliphatic heterocycles. The summed E-state index contributed by atoms with van der Waals surface area (Å²) in [7, 11) is 0. The van der Waals surface area contributed by atoms with Crippen LogP contribution in [0.2, 0.25) is 0 Å². The van der Waals surface area contributed by atoms with Crippen LogP contribution in [0.3, 0.4) is 0 Å². The zero-order valence-corrected chi connectivity index (χ0v) is 18.7. The third kappa shape index (κ3) is 5.79. The minimum absolute atomic E-state index is 0.160. The third-order valence-corrected chi connectivity index (χ3v) is 5.77. The number of nitrogens with one attached hydrogen (secondary N) is 1. The van der Waals surface area contributed by atoms with E-state index in [0.717, 1.165) is 0 Å². The minimum atomic E-state index is -0.593. The Kier molecular flexibility index (Phi) is 6.90. The number of Topliss-reactive ketones (excluding diaryl/α,β-unsaturated/α-hetero) is 1. The Hall–Kier alpha value is -3.00. The Morgan fingerprint density at radius 1 is 1.10 bits per heavy atom. The van der Waals surface area contributed by atoms with Crippen molar-refractivity contribution in [3.63, 3.8) is 0 Å². The lowest BCUT2D eigenvalue weighted by molar-refractivity contribution is -0.129. The summed E-state index contributed by atoms with van der Waals surface area (Å²) in [6, 6.07) is 12.0. The molecule has 1 aliphatic rings. The highest BCUT2D eigenvalue weighted by Crippen LogP contribution is 2.35. The van der Waals surface area contributed by atoms with Gasteiger partial charge in [-0.3, -0.25) is 9.59 Å². The number of thioether (sulfide) groups is 1. The number of carbonyl (C=O) groups excluding carboxylic acids is 3. The van der Waals surface area contributed by atoms with E-state index in [-0.39, 0.29) is 25.1 Å². The van der Waals surface area contributed by atoms with Crippen molar-refractivity contribution in [2.75, 3.05) is 18.7 Å². The van der Waals surface area contributed by atoms with Gasteiger partial charge in [-0.1, -0.05) is 32.9 Å². The van der Waals surface area contributed by atoms with Crippen LogP contribution in [0.25, 0.3) is 0 Å². The van der Waals surface area contributed by atoms with Crippen molar-refractivity contribution in [1.29, 1.82) is 0 Å². The molecule has 0 aliphatic carbocycles. The number of hydrogen-bond donors (Lipinski definition) is 1. The first-order valence-corrected chi connectivity index (χ1v) is 10.7. The van der Waals surface area contributed by atoms with Gasteiger partial charge in [-0.05, 0) is 31.2 Å². The summed E-state index contributed by atoms with van der Waals surface area (Å²) in [5, 5.41) is 2.35. The molecule has 1 atom stereocenters. The Balaban J connectivity index is 1.63. The number of hydrogen-bond acceptors (Lipinski definition) is 7. The molecular weight excluding hydrogens is 418 g/mol. The Bertz CT molecular complexity index is 998. The predicted octanol–water partition coefficient (Wildman–Crippen LogP) is 4.31. The fourth-order valence-corrected chi connectivity index (χ4v) is 3.61. The van der Waals surface area contributed by atoms with Crippen LogP contribution >= 0.6 is 11.8 Å². The molecule has 2 aromatic rings. The van der Waals surface area contributed by atoms with E-state index in [9.17, 15) is 14.4 Å². The van der Waals surface area contributed by atoms with E-state index in [1.807, 2.05) is 0 Å². The van der Waals surface area contributed by atoms with E-state index in [2.05, 4.69) is 5.32 Å². The predicted molar refractivity (Wildman–Crippen MR) is 118 cm³/mol. The number of amides is 1. The Morgan fingerprint density at radius 2 is 1.81 bits per heavy atom. The van der Waals surface area contributed by atoms with Gasteiger partial charge in [-0.15, -0.1) is 11.8 Å².